The van der Waals surface area contributed by atoms with Crippen LogP contribution in [0.5, 0.6) is 0 Å². The van der Waals surface area contributed by atoms with E-state index in [1.165, 1.54) is 44.6 Å². The fraction of sp³-hybridized carbons (Fsp3) is 0.290. The van der Waals surface area contributed by atoms with E-state index < -0.39 is 0 Å². The number of hydrogen-bond donors (Lipinski definition) is 0. The molecule has 0 spiro atoms. The van der Waals surface area contributed by atoms with Gasteiger partial charge in [0.1, 0.15) is 6.67 Å². The molecule has 1 aliphatic heterocycles. The van der Waals surface area contributed by atoms with E-state index in [9.17, 15) is 0 Å². The molecule has 0 atom stereocenters. The first kappa shape index (κ1) is 24.4. The summed E-state index contributed by atoms with van der Waals surface area (Å²) in [5.41, 5.74) is 7.64. The molecule has 1 aliphatic rings. The van der Waals surface area contributed by atoms with Gasteiger partial charge in [-0.25, -0.2) is 0 Å². The highest BCUT2D eigenvalue weighted by molar-refractivity contribution is 9.11. The third-order valence-electron chi connectivity index (χ3n) is 6.93. The zero-order valence-corrected chi connectivity index (χ0v) is 24.5. The standard InChI is InChI=1S/C31H32Br2N2/c1-30(2,3)21-13-15-23(32)27(17-21)34-19-35(28-18-22(31(4,5)6)14-16-24(28)33)26-12-8-10-20-9-7-11-25(34)29(20)26/h7-18H,19H2,1-6H3. The molecule has 0 radical (unpaired) electrons. The highest BCUT2D eigenvalue weighted by Crippen LogP contribution is 2.48. The highest BCUT2D eigenvalue weighted by atomic mass is 79.9. The van der Waals surface area contributed by atoms with Crippen LogP contribution in [0.3, 0.4) is 0 Å². The topological polar surface area (TPSA) is 6.48 Å². The minimum absolute atomic E-state index is 0.0684. The number of rotatable bonds is 2. The molecule has 1 heterocycles. The van der Waals surface area contributed by atoms with Crippen LogP contribution in [0.2, 0.25) is 0 Å². The summed E-state index contributed by atoms with van der Waals surface area (Å²) in [6.07, 6.45) is 0. The van der Waals surface area contributed by atoms with Gasteiger partial charge in [-0.2, -0.15) is 0 Å². The third-order valence-corrected chi connectivity index (χ3v) is 8.27. The molecule has 4 aromatic carbocycles. The fourth-order valence-corrected chi connectivity index (χ4v) is 5.75. The van der Waals surface area contributed by atoms with Crippen LogP contribution in [0.4, 0.5) is 22.7 Å². The summed E-state index contributed by atoms with van der Waals surface area (Å²) in [5.74, 6) is 0. The van der Waals surface area contributed by atoms with Gasteiger partial charge in [-0.15, -0.1) is 0 Å². The molecule has 4 heteroatoms. The largest absolute Gasteiger partial charge is 0.321 e. The number of hydrogen-bond acceptors (Lipinski definition) is 2. The Hall–Kier alpha value is -2.30. The Kier molecular flexibility index (Phi) is 6.04. The lowest BCUT2D eigenvalue weighted by Gasteiger charge is -2.41. The summed E-state index contributed by atoms with van der Waals surface area (Å²) in [7, 11) is 0. The Morgan fingerprint density at radius 1 is 0.571 bits per heavy atom. The van der Waals surface area contributed by atoms with Crippen molar-refractivity contribution in [2.75, 3.05) is 16.5 Å². The average molecular weight is 592 g/mol. The molecule has 4 aromatic rings. The van der Waals surface area contributed by atoms with Gasteiger partial charge in [-0.1, -0.05) is 77.9 Å². The van der Waals surface area contributed by atoms with Crippen molar-refractivity contribution < 1.29 is 0 Å². The van der Waals surface area contributed by atoms with Gasteiger partial charge in [0.15, 0.2) is 0 Å². The zero-order valence-electron chi connectivity index (χ0n) is 21.3. The van der Waals surface area contributed by atoms with Crippen molar-refractivity contribution in [1.82, 2.24) is 0 Å². The number of halogens is 2. The first-order valence-corrected chi connectivity index (χ1v) is 13.7. The van der Waals surface area contributed by atoms with Gasteiger partial charge in [0.05, 0.1) is 22.7 Å². The first-order valence-electron chi connectivity index (χ1n) is 12.1. The van der Waals surface area contributed by atoms with E-state index in [2.05, 4.69) is 156 Å². The maximum absolute atomic E-state index is 3.88. The predicted molar refractivity (Wildman–Crippen MR) is 159 cm³/mol. The summed E-state index contributed by atoms with van der Waals surface area (Å²) in [6, 6.07) is 26.8. The van der Waals surface area contributed by atoms with Gasteiger partial charge in [0.25, 0.3) is 0 Å². The van der Waals surface area contributed by atoms with Crippen LogP contribution in [0.1, 0.15) is 52.7 Å². The SMILES string of the molecule is CC(C)(C)c1ccc(Br)c(N2CN(c3cc(C(C)(C)C)ccc3Br)c3cccc4cccc2c34)c1. The van der Waals surface area contributed by atoms with E-state index >= 15 is 0 Å². The Bertz CT molecular complexity index is 1320. The minimum Gasteiger partial charge on any atom is -0.321 e. The zero-order chi connectivity index (χ0) is 25.1. The lowest BCUT2D eigenvalue weighted by Crippen LogP contribution is -2.36. The van der Waals surface area contributed by atoms with Crippen molar-refractivity contribution in [2.24, 2.45) is 0 Å². The molecule has 0 amide bonds. The molecule has 0 unspecified atom stereocenters. The normalized spacial score (nSPS) is 14.1. The average Bonchev–Trinajstić information content (AvgIpc) is 2.79. The van der Waals surface area contributed by atoms with E-state index in [1.54, 1.807) is 0 Å². The smallest absolute Gasteiger partial charge is 0.100 e. The van der Waals surface area contributed by atoms with E-state index in [1.807, 2.05) is 0 Å². The summed E-state index contributed by atoms with van der Waals surface area (Å²) >= 11 is 7.76. The molecule has 5 rings (SSSR count). The summed E-state index contributed by atoms with van der Waals surface area (Å²) < 4.78 is 2.20. The van der Waals surface area contributed by atoms with Crippen LogP contribution in [0.25, 0.3) is 10.8 Å². The van der Waals surface area contributed by atoms with Crippen molar-refractivity contribution in [3.63, 3.8) is 0 Å². The number of anilines is 4. The molecule has 0 bridgehead atoms. The van der Waals surface area contributed by atoms with Crippen LogP contribution < -0.4 is 9.80 Å². The van der Waals surface area contributed by atoms with E-state index in [-0.39, 0.29) is 10.8 Å². The molecule has 180 valence electrons. The Morgan fingerprint density at radius 2 is 1.00 bits per heavy atom. The van der Waals surface area contributed by atoms with E-state index in [0.29, 0.717) is 6.67 Å². The van der Waals surface area contributed by atoms with Gasteiger partial charge in [0, 0.05) is 14.3 Å². The van der Waals surface area contributed by atoms with E-state index in [4.69, 9.17) is 0 Å². The molecule has 35 heavy (non-hydrogen) atoms. The predicted octanol–water partition coefficient (Wildman–Crippen LogP) is 10.2. The van der Waals surface area contributed by atoms with E-state index in [0.717, 1.165) is 8.95 Å². The number of benzene rings is 4. The van der Waals surface area contributed by atoms with Crippen molar-refractivity contribution in [3.05, 3.63) is 92.9 Å². The molecule has 0 saturated carbocycles. The van der Waals surface area contributed by atoms with Crippen molar-refractivity contribution in [3.8, 4) is 0 Å². The molecule has 0 aromatic heterocycles. The third kappa shape index (κ3) is 4.40. The molecule has 0 aliphatic carbocycles. The number of nitrogens with zero attached hydrogens (tertiary/aromatic N) is 2. The van der Waals surface area contributed by atoms with Gasteiger partial charge in [-0.05, 0) is 95.6 Å². The molecular formula is C31H32Br2N2. The lowest BCUT2D eigenvalue weighted by atomic mass is 9.86. The molecule has 0 fully saturated rings. The Balaban J connectivity index is 1.77. The van der Waals surface area contributed by atoms with Crippen LogP contribution in [0.15, 0.2) is 81.7 Å². The first-order chi connectivity index (χ1) is 16.4. The molecule has 0 N–H and O–H groups in total. The van der Waals surface area contributed by atoms with Gasteiger partial charge >= 0.3 is 0 Å². The van der Waals surface area contributed by atoms with Gasteiger partial charge < -0.3 is 9.80 Å². The molecule has 0 saturated heterocycles. The fourth-order valence-electron chi connectivity index (χ4n) is 4.83. The second kappa shape index (κ2) is 8.67. The summed E-state index contributed by atoms with van der Waals surface area (Å²) in [5, 5.41) is 2.53. The quantitative estimate of drug-likeness (QED) is 0.229. The highest BCUT2D eigenvalue weighted by Gasteiger charge is 2.29. The second-order valence-electron chi connectivity index (χ2n) is 11.5. The van der Waals surface area contributed by atoms with Gasteiger partial charge in [0.2, 0.25) is 0 Å². The van der Waals surface area contributed by atoms with Crippen LogP contribution in [-0.4, -0.2) is 6.67 Å². The maximum atomic E-state index is 3.88. The van der Waals surface area contributed by atoms with Crippen molar-refractivity contribution in [2.45, 2.75) is 52.4 Å². The molecular weight excluding hydrogens is 560 g/mol. The minimum atomic E-state index is 0.0684. The second-order valence-corrected chi connectivity index (χ2v) is 13.2. The maximum Gasteiger partial charge on any atom is 0.100 e. The summed E-state index contributed by atoms with van der Waals surface area (Å²) in [6.45, 7) is 14.3. The van der Waals surface area contributed by atoms with Crippen molar-refractivity contribution in [1.29, 1.82) is 0 Å². The Morgan fingerprint density at radius 3 is 1.40 bits per heavy atom. The summed E-state index contributed by atoms with van der Waals surface area (Å²) in [4.78, 5) is 4.90. The Labute approximate surface area is 226 Å². The van der Waals surface area contributed by atoms with Crippen molar-refractivity contribution >= 4 is 65.4 Å². The van der Waals surface area contributed by atoms with Crippen LogP contribution in [0, 0.1) is 0 Å². The van der Waals surface area contributed by atoms with Gasteiger partial charge in [-0.3, -0.25) is 0 Å². The lowest BCUT2D eigenvalue weighted by molar-refractivity contribution is 0.590. The monoisotopic (exact) mass is 590 g/mol. The van der Waals surface area contributed by atoms with Crippen LogP contribution in [-0.2, 0) is 10.8 Å². The molecule has 2 nitrogen and oxygen atoms in total. The van der Waals surface area contributed by atoms with Crippen LogP contribution >= 0.6 is 31.9 Å².